The van der Waals surface area contributed by atoms with Crippen LogP contribution in [0.3, 0.4) is 0 Å². The second-order valence-corrected chi connectivity index (χ2v) is 2.82. The fourth-order valence-electron chi connectivity index (χ4n) is 1.01. The molecule has 4 nitrogen and oxygen atoms in total. The van der Waals surface area contributed by atoms with Crippen molar-refractivity contribution in [1.82, 2.24) is 4.98 Å². The van der Waals surface area contributed by atoms with E-state index in [4.69, 9.17) is 5.73 Å². The van der Waals surface area contributed by atoms with Gasteiger partial charge >= 0.3 is 6.36 Å². The second-order valence-electron chi connectivity index (χ2n) is 2.82. The second kappa shape index (κ2) is 3.93. The van der Waals surface area contributed by atoms with E-state index in [0.717, 1.165) is 6.07 Å². The molecule has 1 aromatic rings. The Morgan fingerprint density at radius 1 is 1.53 bits per heavy atom. The van der Waals surface area contributed by atoms with Gasteiger partial charge in [0.2, 0.25) is 5.88 Å². The van der Waals surface area contributed by atoms with Crippen LogP contribution in [0.5, 0.6) is 11.6 Å². The van der Waals surface area contributed by atoms with Crippen molar-refractivity contribution in [3.05, 3.63) is 17.3 Å². The lowest BCUT2D eigenvalue weighted by Crippen LogP contribution is -2.18. The molecule has 0 aliphatic heterocycles. The summed E-state index contributed by atoms with van der Waals surface area (Å²) in [5.74, 6) is -0.842. The van der Waals surface area contributed by atoms with Gasteiger partial charge in [0, 0.05) is 12.6 Å². The number of pyridine rings is 1. The van der Waals surface area contributed by atoms with Crippen molar-refractivity contribution in [3.63, 3.8) is 0 Å². The highest BCUT2D eigenvalue weighted by Gasteiger charge is 2.32. The summed E-state index contributed by atoms with van der Waals surface area (Å²) in [5, 5.41) is 9.34. The quantitative estimate of drug-likeness (QED) is 0.794. The first-order valence-electron chi connectivity index (χ1n) is 3.99. The van der Waals surface area contributed by atoms with Gasteiger partial charge in [-0.2, -0.15) is 0 Å². The largest absolute Gasteiger partial charge is 0.574 e. The summed E-state index contributed by atoms with van der Waals surface area (Å²) in [6.07, 6.45) is -4.80. The van der Waals surface area contributed by atoms with Gasteiger partial charge in [0.15, 0.2) is 0 Å². The van der Waals surface area contributed by atoms with Crippen LogP contribution in [-0.4, -0.2) is 16.5 Å². The van der Waals surface area contributed by atoms with Crippen molar-refractivity contribution in [3.8, 4) is 11.6 Å². The minimum Gasteiger partial charge on any atom is -0.506 e. The summed E-state index contributed by atoms with van der Waals surface area (Å²) in [6, 6.07) is 0.988. The number of halogens is 3. The van der Waals surface area contributed by atoms with Crippen LogP contribution in [0, 0.1) is 6.92 Å². The molecule has 0 aromatic carbocycles. The highest BCUT2D eigenvalue weighted by molar-refractivity contribution is 5.38. The van der Waals surface area contributed by atoms with Crippen LogP contribution in [0.2, 0.25) is 0 Å². The molecule has 0 radical (unpaired) electrons. The number of hydrogen-bond donors (Lipinski definition) is 2. The van der Waals surface area contributed by atoms with E-state index in [1.165, 1.54) is 6.92 Å². The molecular formula is C8H9F3N2O2. The molecule has 0 saturated heterocycles. The molecule has 0 bridgehead atoms. The molecule has 0 fully saturated rings. The molecule has 7 heteroatoms. The van der Waals surface area contributed by atoms with Crippen molar-refractivity contribution < 1.29 is 23.0 Å². The van der Waals surface area contributed by atoms with Crippen LogP contribution < -0.4 is 10.5 Å². The Hall–Kier alpha value is -1.50. The van der Waals surface area contributed by atoms with Gasteiger partial charge in [-0.1, -0.05) is 0 Å². The monoisotopic (exact) mass is 222 g/mol. The zero-order chi connectivity index (χ0) is 11.6. The molecular weight excluding hydrogens is 213 g/mol. The molecule has 0 aliphatic rings. The van der Waals surface area contributed by atoms with E-state index in [1.54, 1.807) is 0 Å². The zero-order valence-corrected chi connectivity index (χ0v) is 7.80. The summed E-state index contributed by atoms with van der Waals surface area (Å²) < 4.78 is 39.2. The van der Waals surface area contributed by atoms with Crippen LogP contribution >= 0.6 is 0 Å². The van der Waals surface area contributed by atoms with Gasteiger partial charge in [0.1, 0.15) is 5.75 Å². The van der Waals surface area contributed by atoms with Gasteiger partial charge in [-0.3, -0.25) is 0 Å². The normalized spacial score (nSPS) is 11.5. The first kappa shape index (κ1) is 11.6. The maximum absolute atomic E-state index is 11.9. The molecule has 84 valence electrons. The third-order valence-electron chi connectivity index (χ3n) is 1.65. The Bertz CT molecular complexity index is 366. The van der Waals surface area contributed by atoms with E-state index >= 15 is 0 Å². The average Bonchev–Trinajstić information content (AvgIpc) is 2.08. The van der Waals surface area contributed by atoms with E-state index in [-0.39, 0.29) is 23.6 Å². The molecule has 0 aliphatic carbocycles. The van der Waals surface area contributed by atoms with Crippen LogP contribution in [0.25, 0.3) is 0 Å². The SMILES string of the molecule is Cc1cc(OC(F)(F)F)nc(CN)c1O. The van der Waals surface area contributed by atoms with Gasteiger partial charge in [0.05, 0.1) is 5.69 Å². The Morgan fingerprint density at radius 3 is 2.60 bits per heavy atom. The van der Waals surface area contributed by atoms with Gasteiger partial charge in [0.25, 0.3) is 0 Å². The molecule has 0 saturated carbocycles. The van der Waals surface area contributed by atoms with Gasteiger partial charge < -0.3 is 15.6 Å². The van der Waals surface area contributed by atoms with E-state index in [2.05, 4.69) is 9.72 Å². The number of alkyl halides is 3. The molecule has 0 spiro atoms. The summed E-state index contributed by atoms with van der Waals surface area (Å²) >= 11 is 0. The summed E-state index contributed by atoms with van der Waals surface area (Å²) in [5.41, 5.74) is 5.39. The molecule has 0 unspecified atom stereocenters. The average molecular weight is 222 g/mol. The maximum atomic E-state index is 11.9. The van der Waals surface area contributed by atoms with Gasteiger partial charge in [-0.25, -0.2) is 4.98 Å². The molecule has 1 heterocycles. The lowest BCUT2D eigenvalue weighted by Gasteiger charge is -2.11. The number of nitrogens with two attached hydrogens (primary N) is 1. The summed E-state index contributed by atoms with van der Waals surface area (Å²) in [7, 11) is 0. The van der Waals surface area contributed by atoms with Gasteiger partial charge in [-0.15, -0.1) is 13.2 Å². The van der Waals surface area contributed by atoms with Crippen LogP contribution in [0.4, 0.5) is 13.2 Å². The summed E-state index contributed by atoms with van der Waals surface area (Å²) in [4.78, 5) is 3.42. The minimum absolute atomic E-state index is 0.0331. The lowest BCUT2D eigenvalue weighted by atomic mass is 10.2. The molecule has 0 atom stereocenters. The number of hydrogen-bond acceptors (Lipinski definition) is 4. The fourth-order valence-corrected chi connectivity index (χ4v) is 1.01. The molecule has 1 rings (SSSR count). The molecule has 1 aromatic heterocycles. The number of ether oxygens (including phenoxy) is 1. The Morgan fingerprint density at radius 2 is 2.13 bits per heavy atom. The first-order chi connectivity index (χ1) is 6.83. The topological polar surface area (TPSA) is 68.4 Å². The minimum atomic E-state index is -4.80. The summed E-state index contributed by atoms with van der Waals surface area (Å²) in [6.45, 7) is 1.27. The Balaban J connectivity index is 3.06. The van der Waals surface area contributed by atoms with Crippen molar-refractivity contribution in [2.24, 2.45) is 5.73 Å². The predicted molar refractivity (Wildman–Crippen MR) is 45.2 cm³/mol. The van der Waals surface area contributed by atoms with Crippen LogP contribution in [-0.2, 0) is 6.54 Å². The third kappa shape index (κ3) is 2.98. The Labute approximate surface area is 83.5 Å². The number of aromatic hydroxyl groups is 1. The lowest BCUT2D eigenvalue weighted by molar-refractivity contribution is -0.276. The number of aromatic nitrogens is 1. The van der Waals surface area contributed by atoms with Crippen molar-refractivity contribution in [2.75, 3.05) is 0 Å². The van der Waals surface area contributed by atoms with Crippen LogP contribution in [0.1, 0.15) is 11.3 Å². The highest BCUT2D eigenvalue weighted by atomic mass is 19.4. The number of nitrogens with zero attached hydrogens (tertiary/aromatic N) is 1. The van der Waals surface area contributed by atoms with E-state index in [9.17, 15) is 18.3 Å². The number of rotatable bonds is 2. The van der Waals surface area contributed by atoms with Crippen molar-refractivity contribution in [1.29, 1.82) is 0 Å². The molecule has 0 amide bonds. The highest BCUT2D eigenvalue weighted by Crippen LogP contribution is 2.27. The van der Waals surface area contributed by atoms with E-state index < -0.39 is 12.2 Å². The maximum Gasteiger partial charge on any atom is 0.574 e. The van der Waals surface area contributed by atoms with Gasteiger partial charge in [-0.05, 0) is 12.5 Å². The van der Waals surface area contributed by atoms with Crippen molar-refractivity contribution >= 4 is 0 Å². The fraction of sp³-hybridized carbons (Fsp3) is 0.375. The number of aryl methyl sites for hydroxylation is 1. The molecule has 15 heavy (non-hydrogen) atoms. The van der Waals surface area contributed by atoms with Crippen LogP contribution in [0.15, 0.2) is 6.07 Å². The Kier molecular flexibility index (Phi) is 3.04. The van der Waals surface area contributed by atoms with E-state index in [0.29, 0.717) is 0 Å². The zero-order valence-electron chi connectivity index (χ0n) is 7.80. The third-order valence-corrected chi connectivity index (χ3v) is 1.65. The van der Waals surface area contributed by atoms with E-state index in [1.807, 2.05) is 0 Å². The standard InChI is InChI=1S/C8H9F3N2O2/c1-4-2-6(15-8(9,10)11)13-5(3-12)7(4)14/h2,14H,3,12H2,1H3. The first-order valence-corrected chi connectivity index (χ1v) is 3.99. The predicted octanol–water partition coefficient (Wildman–Crippen LogP) is 1.45. The van der Waals surface area contributed by atoms with Crippen molar-refractivity contribution in [2.45, 2.75) is 19.8 Å². The smallest absolute Gasteiger partial charge is 0.506 e. The molecule has 3 N–H and O–H groups in total.